The summed E-state index contributed by atoms with van der Waals surface area (Å²) in [5.74, 6) is 0. The van der Waals surface area contributed by atoms with Gasteiger partial charge in [-0.1, -0.05) is 0 Å². The molecule has 1 unspecified atom stereocenters. The molecule has 0 saturated carbocycles. The summed E-state index contributed by atoms with van der Waals surface area (Å²) in [6, 6.07) is 0.533. The maximum Gasteiger partial charge on any atom is 0.415 e. The summed E-state index contributed by atoms with van der Waals surface area (Å²) in [6.45, 7) is 9.38. The molecular weight excluding hydrogens is 297 g/mol. The summed E-state index contributed by atoms with van der Waals surface area (Å²) in [5, 5.41) is 0. The molecule has 2 fully saturated rings. The minimum atomic E-state index is -4.28. The lowest BCUT2D eigenvalue weighted by Gasteiger charge is -2.41. The van der Waals surface area contributed by atoms with Crippen molar-refractivity contribution in [3.05, 3.63) is 0 Å². The maximum absolute atomic E-state index is 12.8. The topological polar surface area (TPSA) is 24.9 Å². The van der Waals surface area contributed by atoms with E-state index in [1.165, 1.54) is 0 Å². The van der Waals surface area contributed by atoms with Crippen molar-refractivity contribution in [1.82, 2.24) is 9.80 Å². The number of halogens is 3. The van der Waals surface area contributed by atoms with Crippen molar-refractivity contribution in [1.29, 1.82) is 0 Å². The molecule has 0 aromatic heterocycles. The van der Waals surface area contributed by atoms with Crippen LogP contribution in [0.3, 0.4) is 0 Å². The number of ether oxygens (including phenoxy) is 2. The van der Waals surface area contributed by atoms with E-state index in [0.29, 0.717) is 19.2 Å². The monoisotopic (exact) mass is 324 g/mol. The molecule has 0 N–H and O–H groups in total. The van der Waals surface area contributed by atoms with Crippen LogP contribution in [0, 0.1) is 0 Å². The zero-order valence-corrected chi connectivity index (χ0v) is 13.6. The van der Waals surface area contributed by atoms with Gasteiger partial charge in [0.1, 0.15) is 0 Å². The van der Waals surface area contributed by atoms with Crippen LogP contribution in [0.25, 0.3) is 0 Å². The first-order valence-corrected chi connectivity index (χ1v) is 8.05. The Kier molecular flexibility index (Phi) is 6.10. The van der Waals surface area contributed by atoms with Crippen molar-refractivity contribution in [3.8, 4) is 0 Å². The molecule has 2 aliphatic rings. The lowest BCUT2D eigenvalue weighted by Crippen LogP contribution is -2.53. The Morgan fingerprint density at radius 1 is 1.00 bits per heavy atom. The van der Waals surface area contributed by atoms with Crippen LogP contribution in [-0.4, -0.2) is 79.7 Å². The fraction of sp³-hybridized carbons (Fsp3) is 1.00. The Morgan fingerprint density at radius 3 is 2.27 bits per heavy atom. The molecule has 0 aromatic rings. The highest BCUT2D eigenvalue weighted by atomic mass is 19.4. The first-order chi connectivity index (χ1) is 10.3. The largest absolute Gasteiger partial charge is 0.415 e. The van der Waals surface area contributed by atoms with Gasteiger partial charge in [0, 0.05) is 38.3 Å². The van der Waals surface area contributed by atoms with E-state index in [2.05, 4.69) is 18.7 Å². The van der Waals surface area contributed by atoms with Crippen LogP contribution >= 0.6 is 0 Å². The highest BCUT2D eigenvalue weighted by molar-refractivity contribution is 4.83. The van der Waals surface area contributed by atoms with Crippen molar-refractivity contribution in [3.63, 3.8) is 0 Å². The Morgan fingerprint density at radius 2 is 1.64 bits per heavy atom. The van der Waals surface area contributed by atoms with E-state index in [0.717, 1.165) is 19.5 Å². The summed E-state index contributed by atoms with van der Waals surface area (Å²) in [7, 11) is 0. The molecule has 2 heterocycles. The predicted molar refractivity (Wildman–Crippen MR) is 77.9 cm³/mol. The van der Waals surface area contributed by atoms with E-state index in [-0.39, 0.29) is 25.3 Å². The van der Waals surface area contributed by atoms with Crippen LogP contribution in [-0.2, 0) is 9.47 Å². The molecule has 0 aromatic carbocycles. The average Bonchev–Trinajstić information content (AvgIpc) is 2.46. The minimum absolute atomic E-state index is 0.0610. The van der Waals surface area contributed by atoms with Gasteiger partial charge in [-0.05, 0) is 27.2 Å². The molecule has 3 atom stereocenters. The highest BCUT2D eigenvalue weighted by Gasteiger charge is 2.44. The van der Waals surface area contributed by atoms with Crippen LogP contribution in [0.4, 0.5) is 13.2 Å². The molecule has 0 spiro atoms. The molecule has 0 bridgehead atoms. The van der Waals surface area contributed by atoms with Gasteiger partial charge in [-0.2, -0.15) is 13.2 Å². The molecule has 130 valence electrons. The van der Waals surface area contributed by atoms with E-state index in [9.17, 15) is 13.2 Å². The molecule has 4 nitrogen and oxygen atoms in total. The van der Waals surface area contributed by atoms with E-state index >= 15 is 0 Å². The lowest BCUT2D eigenvalue weighted by molar-refractivity contribution is -0.239. The Bertz CT molecular complexity index is 352. The van der Waals surface area contributed by atoms with Crippen LogP contribution in [0.2, 0.25) is 0 Å². The van der Waals surface area contributed by atoms with Gasteiger partial charge < -0.3 is 9.47 Å². The third kappa shape index (κ3) is 4.81. The molecule has 7 heteroatoms. The van der Waals surface area contributed by atoms with Crippen LogP contribution < -0.4 is 0 Å². The van der Waals surface area contributed by atoms with E-state index in [1.54, 1.807) is 0 Å². The van der Waals surface area contributed by atoms with Gasteiger partial charge in [-0.25, -0.2) is 0 Å². The molecule has 0 radical (unpaired) electrons. The van der Waals surface area contributed by atoms with Gasteiger partial charge in [0.2, 0.25) is 0 Å². The zero-order valence-electron chi connectivity index (χ0n) is 13.6. The lowest BCUT2D eigenvalue weighted by atomic mass is 10.1. The number of rotatable bonds is 4. The first kappa shape index (κ1) is 18.0. The number of morpholine rings is 2. The molecule has 22 heavy (non-hydrogen) atoms. The number of alkyl halides is 3. The van der Waals surface area contributed by atoms with Crippen molar-refractivity contribution in [2.24, 2.45) is 0 Å². The molecule has 2 rings (SSSR count). The second-order valence-electron chi connectivity index (χ2n) is 6.56. The number of nitrogens with zero attached hydrogens (tertiary/aromatic N) is 2. The smallest absolute Gasteiger partial charge is 0.375 e. The standard InChI is InChI=1S/C15H27F3N2O2/c1-11(2)19-4-6-21-13(9-19)8-12(3)20-5-7-22-14(10-20)15(16,17)18/h11-14H,4-10H2,1-3H3/t12?,13-,14+/m0/s1. The van der Waals surface area contributed by atoms with Crippen LogP contribution in [0.5, 0.6) is 0 Å². The van der Waals surface area contributed by atoms with Gasteiger partial charge in [0.15, 0.2) is 6.10 Å². The summed E-state index contributed by atoms with van der Waals surface area (Å²) in [6.07, 6.45) is -5.09. The Hall–Kier alpha value is -0.370. The molecule has 0 amide bonds. The van der Waals surface area contributed by atoms with Crippen molar-refractivity contribution in [2.45, 2.75) is 57.7 Å². The summed E-state index contributed by atoms with van der Waals surface area (Å²) in [4.78, 5) is 4.23. The molecule has 2 aliphatic heterocycles. The van der Waals surface area contributed by atoms with Crippen molar-refractivity contribution >= 4 is 0 Å². The second-order valence-corrected chi connectivity index (χ2v) is 6.56. The van der Waals surface area contributed by atoms with Gasteiger partial charge >= 0.3 is 6.18 Å². The summed E-state index contributed by atoms with van der Waals surface area (Å²) >= 11 is 0. The number of hydrogen-bond acceptors (Lipinski definition) is 4. The summed E-state index contributed by atoms with van der Waals surface area (Å²) < 4.78 is 49.0. The Labute approximate surface area is 130 Å². The maximum atomic E-state index is 12.8. The third-order valence-corrected chi connectivity index (χ3v) is 4.59. The number of hydrogen-bond donors (Lipinski definition) is 0. The second kappa shape index (κ2) is 7.47. The fourth-order valence-electron chi connectivity index (χ4n) is 3.15. The van der Waals surface area contributed by atoms with Crippen molar-refractivity contribution < 1.29 is 22.6 Å². The SMILES string of the molecule is CC(C)N1CCO[C@@H](CC(C)N2CCO[C@@H](C(F)(F)F)C2)C1. The molecule has 0 aliphatic carbocycles. The third-order valence-electron chi connectivity index (χ3n) is 4.59. The molecular formula is C15H27F3N2O2. The Balaban J connectivity index is 1.85. The zero-order chi connectivity index (χ0) is 16.3. The summed E-state index contributed by atoms with van der Waals surface area (Å²) in [5.41, 5.74) is 0. The average molecular weight is 324 g/mol. The van der Waals surface area contributed by atoms with Gasteiger partial charge in [-0.15, -0.1) is 0 Å². The minimum Gasteiger partial charge on any atom is -0.375 e. The van der Waals surface area contributed by atoms with Gasteiger partial charge in [-0.3, -0.25) is 9.80 Å². The normalized spacial score (nSPS) is 30.7. The van der Waals surface area contributed by atoms with E-state index in [1.807, 2.05) is 11.8 Å². The highest BCUT2D eigenvalue weighted by Crippen LogP contribution is 2.27. The van der Waals surface area contributed by atoms with E-state index in [4.69, 9.17) is 9.47 Å². The van der Waals surface area contributed by atoms with Gasteiger partial charge in [0.05, 0.1) is 19.3 Å². The van der Waals surface area contributed by atoms with Crippen molar-refractivity contribution in [2.75, 3.05) is 39.4 Å². The molecule has 2 saturated heterocycles. The first-order valence-electron chi connectivity index (χ1n) is 8.05. The van der Waals surface area contributed by atoms with Crippen LogP contribution in [0.15, 0.2) is 0 Å². The van der Waals surface area contributed by atoms with Gasteiger partial charge in [0.25, 0.3) is 0 Å². The van der Waals surface area contributed by atoms with Crippen LogP contribution in [0.1, 0.15) is 27.2 Å². The fourth-order valence-corrected chi connectivity index (χ4v) is 3.15. The quantitative estimate of drug-likeness (QED) is 0.791. The predicted octanol–water partition coefficient (Wildman–Crippen LogP) is 2.14. The van der Waals surface area contributed by atoms with E-state index < -0.39 is 12.3 Å².